The molecule has 1 atom stereocenters. The SMILES string of the molecule is O=C1CN(C(=O)CN2CCOC[C@@H](Cc3ccc4ccoc4c3)C2)c2ccccc2N1. The molecule has 1 aromatic heterocycles. The molecule has 1 saturated heterocycles. The van der Waals surface area contributed by atoms with E-state index in [9.17, 15) is 9.59 Å². The zero-order valence-corrected chi connectivity index (χ0v) is 17.3. The van der Waals surface area contributed by atoms with Crippen molar-refractivity contribution in [3.05, 3.63) is 60.4 Å². The van der Waals surface area contributed by atoms with Gasteiger partial charge >= 0.3 is 0 Å². The van der Waals surface area contributed by atoms with Crippen molar-refractivity contribution in [1.29, 1.82) is 0 Å². The maximum atomic E-state index is 13.1. The normalized spacial score (nSPS) is 19.7. The van der Waals surface area contributed by atoms with Crippen LogP contribution in [0, 0.1) is 5.92 Å². The lowest BCUT2D eigenvalue weighted by atomic mass is 9.99. The fourth-order valence-corrected chi connectivity index (χ4v) is 4.41. The van der Waals surface area contributed by atoms with Gasteiger partial charge in [0.25, 0.3) is 0 Å². The minimum Gasteiger partial charge on any atom is -0.464 e. The summed E-state index contributed by atoms with van der Waals surface area (Å²) in [6.45, 7) is 3.03. The average molecular weight is 419 g/mol. The molecule has 3 aromatic rings. The number of nitrogens with zero attached hydrogens (tertiary/aromatic N) is 2. The Labute approximate surface area is 180 Å². The summed E-state index contributed by atoms with van der Waals surface area (Å²) < 4.78 is 11.4. The predicted molar refractivity (Wildman–Crippen MR) is 118 cm³/mol. The lowest BCUT2D eigenvalue weighted by Crippen LogP contribution is -2.47. The van der Waals surface area contributed by atoms with E-state index in [0.29, 0.717) is 25.4 Å². The Morgan fingerprint density at radius 3 is 3.00 bits per heavy atom. The highest BCUT2D eigenvalue weighted by atomic mass is 16.5. The van der Waals surface area contributed by atoms with Gasteiger partial charge < -0.3 is 14.5 Å². The van der Waals surface area contributed by atoms with Crippen LogP contribution >= 0.6 is 0 Å². The van der Waals surface area contributed by atoms with Gasteiger partial charge in [-0.3, -0.25) is 19.4 Å². The molecule has 0 spiro atoms. The largest absolute Gasteiger partial charge is 0.464 e. The van der Waals surface area contributed by atoms with Gasteiger partial charge in [-0.1, -0.05) is 24.3 Å². The van der Waals surface area contributed by atoms with E-state index >= 15 is 0 Å². The van der Waals surface area contributed by atoms with Crippen molar-refractivity contribution in [2.24, 2.45) is 5.92 Å². The van der Waals surface area contributed by atoms with E-state index in [1.165, 1.54) is 5.56 Å². The smallest absolute Gasteiger partial charge is 0.244 e. The number of benzene rings is 2. The molecule has 0 unspecified atom stereocenters. The molecule has 5 rings (SSSR count). The van der Waals surface area contributed by atoms with E-state index in [0.717, 1.165) is 29.6 Å². The first-order valence-electron chi connectivity index (χ1n) is 10.6. The Morgan fingerprint density at radius 2 is 2.06 bits per heavy atom. The number of hydrogen-bond acceptors (Lipinski definition) is 5. The van der Waals surface area contributed by atoms with E-state index in [2.05, 4.69) is 28.4 Å². The molecule has 1 fully saturated rings. The Kier molecular flexibility index (Phi) is 5.44. The highest BCUT2D eigenvalue weighted by Crippen LogP contribution is 2.29. The molecule has 1 N–H and O–H groups in total. The van der Waals surface area contributed by atoms with E-state index in [1.807, 2.05) is 30.3 Å². The molecule has 0 radical (unpaired) electrons. The summed E-state index contributed by atoms with van der Waals surface area (Å²) in [4.78, 5) is 28.9. The van der Waals surface area contributed by atoms with Crippen molar-refractivity contribution in [3.63, 3.8) is 0 Å². The van der Waals surface area contributed by atoms with Crippen LogP contribution in [0.15, 0.2) is 59.2 Å². The summed E-state index contributed by atoms with van der Waals surface area (Å²) in [5, 5.41) is 3.93. The fourth-order valence-electron chi connectivity index (χ4n) is 4.41. The van der Waals surface area contributed by atoms with E-state index in [1.54, 1.807) is 11.2 Å². The number of anilines is 2. The highest BCUT2D eigenvalue weighted by molar-refractivity contribution is 6.10. The molecule has 2 aliphatic heterocycles. The minimum atomic E-state index is -0.169. The number of carbonyl (C=O) groups excluding carboxylic acids is 2. The van der Waals surface area contributed by atoms with Gasteiger partial charge in [0.05, 0.1) is 37.4 Å². The van der Waals surface area contributed by atoms with Crippen molar-refractivity contribution >= 4 is 34.2 Å². The van der Waals surface area contributed by atoms with Crippen LogP contribution in [0.25, 0.3) is 11.0 Å². The molecule has 31 heavy (non-hydrogen) atoms. The fraction of sp³-hybridized carbons (Fsp3) is 0.333. The van der Waals surface area contributed by atoms with Crippen LogP contribution in [0.4, 0.5) is 11.4 Å². The number of carbonyl (C=O) groups is 2. The van der Waals surface area contributed by atoms with Crippen molar-refractivity contribution < 1.29 is 18.7 Å². The Morgan fingerprint density at radius 1 is 1.16 bits per heavy atom. The molecule has 7 nitrogen and oxygen atoms in total. The van der Waals surface area contributed by atoms with Crippen molar-refractivity contribution in [2.75, 3.05) is 49.6 Å². The topological polar surface area (TPSA) is 75.0 Å². The van der Waals surface area contributed by atoms with Crippen molar-refractivity contribution in [1.82, 2.24) is 4.90 Å². The standard InChI is InChI=1S/C24H25N3O4/c28-23-14-27(21-4-2-1-3-20(21)25-23)24(29)15-26-8-10-30-16-18(13-26)11-17-5-6-19-7-9-31-22(19)12-17/h1-7,9,12,18H,8,10-11,13-16H2,(H,25,28)/t18-/m0/s1. The summed E-state index contributed by atoms with van der Waals surface area (Å²) >= 11 is 0. The Hall–Kier alpha value is -3.16. The van der Waals surface area contributed by atoms with Gasteiger partial charge in [0.2, 0.25) is 11.8 Å². The lowest BCUT2D eigenvalue weighted by Gasteiger charge is -2.31. The zero-order chi connectivity index (χ0) is 21.2. The molecule has 0 saturated carbocycles. The summed E-state index contributed by atoms with van der Waals surface area (Å²) in [7, 11) is 0. The average Bonchev–Trinajstić information content (AvgIpc) is 3.12. The molecule has 2 aromatic carbocycles. The van der Waals surface area contributed by atoms with Gasteiger partial charge in [-0.2, -0.15) is 0 Å². The Balaban J connectivity index is 1.26. The third-order valence-electron chi connectivity index (χ3n) is 5.90. The van der Waals surface area contributed by atoms with Gasteiger partial charge in [-0.25, -0.2) is 0 Å². The van der Waals surface area contributed by atoms with Crippen molar-refractivity contribution in [2.45, 2.75) is 6.42 Å². The molecule has 0 aliphatic carbocycles. The zero-order valence-electron chi connectivity index (χ0n) is 17.3. The monoisotopic (exact) mass is 419 g/mol. The number of hydrogen-bond donors (Lipinski definition) is 1. The van der Waals surface area contributed by atoms with E-state index in [4.69, 9.17) is 9.15 Å². The van der Waals surface area contributed by atoms with E-state index in [-0.39, 0.29) is 30.8 Å². The molecular formula is C24H25N3O4. The molecule has 2 aliphatic rings. The first kappa shape index (κ1) is 19.8. The van der Waals surface area contributed by atoms with Crippen LogP contribution in [0.2, 0.25) is 0 Å². The second kappa shape index (κ2) is 8.53. The summed E-state index contributed by atoms with van der Waals surface area (Å²) in [5.41, 5.74) is 3.52. The third-order valence-corrected chi connectivity index (χ3v) is 5.90. The summed E-state index contributed by atoms with van der Waals surface area (Å²) in [5.74, 6) is 0.0389. The maximum absolute atomic E-state index is 13.1. The summed E-state index contributed by atoms with van der Waals surface area (Å²) in [6, 6.07) is 15.7. The number of ether oxygens (including phenoxy) is 1. The van der Waals surface area contributed by atoms with Crippen LogP contribution in [0.5, 0.6) is 0 Å². The maximum Gasteiger partial charge on any atom is 0.244 e. The van der Waals surface area contributed by atoms with Crippen LogP contribution in [0.1, 0.15) is 5.56 Å². The molecular weight excluding hydrogens is 394 g/mol. The van der Waals surface area contributed by atoms with Crippen molar-refractivity contribution in [3.8, 4) is 0 Å². The summed E-state index contributed by atoms with van der Waals surface area (Å²) in [6.07, 6.45) is 2.56. The Bertz CT molecular complexity index is 1110. The number of fused-ring (bicyclic) bond motifs is 2. The minimum absolute atomic E-state index is 0.0484. The molecule has 7 heteroatoms. The van der Waals surface area contributed by atoms with E-state index < -0.39 is 0 Å². The van der Waals surface area contributed by atoms with Gasteiger partial charge in [0.1, 0.15) is 12.1 Å². The first-order chi connectivity index (χ1) is 15.2. The molecule has 2 amide bonds. The number of amides is 2. The van der Waals surface area contributed by atoms with Crippen LogP contribution < -0.4 is 10.2 Å². The molecule has 3 heterocycles. The second-order valence-corrected chi connectivity index (χ2v) is 8.22. The highest BCUT2D eigenvalue weighted by Gasteiger charge is 2.29. The van der Waals surface area contributed by atoms with Gasteiger partial charge in [0.15, 0.2) is 0 Å². The van der Waals surface area contributed by atoms with Gasteiger partial charge in [-0.05, 0) is 42.2 Å². The number of nitrogens with one attached hydrogen (secondary N) is 1. The molecule has 160 valence electrons. The van der Waals surface area contributed by atoms with Crippen LogP contribution in [0.3, 0.4) is 0 Å². The molecule has 0 bridgehead atoms. The number of furan rings is 1. The van der Waals surface area contributed by atoms with Crippen LogP contribution in [-0.4, -0.2) is 56.1 Å². The first-order valence-corrected chi connectivity index (χ1v) is 10.6. The quantitative estimate of drug-likeness (QED) is 0.704. The van der Waals surface area contributed by atoms with Gasteiger partial charge in [-0.15, -0.1) is 0 Å². The van der Waals surface area contributed by atoms with Crippen LogP contribution in [-0.2, 0) is 20.7 Å². The third kappa shape index (κ3) is 4.33. The number of rotatable bonds is 4. The van der Waals surface area contributed by atoms with Gasteiger partial charge in [0, 0.05) is 18.5 Å². The lowest BCUT2D eigenvalue weighted by molar-refractivity contribution is -0.122. The second-order valence-electron chi connectivity index (χ2n) is 8.22. The predicted octanol–water partition coefficient (Wildman–Crippen LogP) is 2.91. The number of para-hydroxylation sites is 2.